The minimum absolute atomic E-state index is 0.0138. The molecule has 0 amide bonds. The predicted octanol–water partition coefficient (Wildman–Crippen LogP) is 2.59. The summed E-state index contributed by atoms with van der Waals surface area (Å²) in [6.45, 7) is 3.85. The number of carbonyl (C=O) groups is 1. The quantitative estimate of drug-likeness (QED) is 0.684. The van der Waals surface area contributed by atoms with Crippen molar-refractivity contribution in [3.8, 4) is 0 Å². The highest BCUT2D eigenvalue weighted by Gasteiger charge is 2.15. The van der Waals surface area contributed by atoms with E-state index in [1.165, 1.54) is 4.57 Å². The Morgan fingerprint density at radius 1 is 1.13 bits per heavy atom. The van der Waals surface area contributed by atoms with E-state index < -0.39 is 11.5 Å². The number of nitrogens with zero attached hydrogens (tertiary/aromatic N) is 2. The first-order valence-corrected chi connectivity index (χ1v) is 7.35. The number of benzene rings is 1. The van der Waals surface area contributed by atoms with Crippen molar-refractivity contribution >= 4 is 16.9 Å². The van der Waals surface area contributed by atoms with Crippen molar-refractivity contribution in [3.05, 3.63) is 76.2 Å². The van der Waals surface area contributed by atoms with Gasteiger partial charge in [0.05, 0.1) is 0 Å². The highest BCUT2D eigenvalue weighted by atomic mass is 16.4. The van der Waals surface area contributed by atoms with Crippen molar-refractivity contribution in [1.82, 2.24) is 4.57 Å². The molecular formula is C18H16N2O3. The second kappa shape index (κ2) is 6.04. The molecule has 23 heavy (non-hydrogen) atoms. The molecule has 2 aromatic heterocycles. The second-order valence-corrected chi connectivity index (χ2v) is 5.44. The molecule has 0 aliphatic carbocycles. The van der Waals surface area contributed by atoms with Gasteiger partial charge in [0, 0.05) is 17.6 Å². The molecule has 0 saturated carbocycles. The average Bonchev–Trinajstić information content (AvgIpc) is 2.53. The average molecular weight is 308 g/mol. The Morgan fingerprint density at radius 2 is 1.87 bits per heavy atom. The van der Waals surface area contributed by atoms with Gasteiger partial charge in [0.25, 0.3) is 5.91 Å². The van der Waals surface area contributed by atoms with Gasteiger partial charge in [0.2, 0.25) is 0 Å². The largest absolute Gasteiger partial charge is 0.422 e. The van der Waals surface area contributed by atoms with Crippen molar-refractivity contribution in [2.75, 3.05) is 0 Å². The lowest BCUT2D eigenvalue weighted by molar-refractivity contribution is 0.0951. The van der Waals surface area contributed by atoms with Crippen LogP contribution in [0.4, 0.5) is 0 Å². The normalized spacial score (nSPS) is 12.0. The lowest BCUT2D eigenvalue weighted by Gasteiger charge is -2.07. The Bertz CT molecular complexity index is 997. The molecule has 0 radical (unpaired) electrons. The standard InChI is InChI=1S/C18H16N2O3/c1-12(2)19-16-9-5-6-10-20(16)17(21)14-11-13-7-3-4-8-15(13)23-18(14)22/h3-12H,1-2H3. The van der Waals surface area contributed by atoms with E-state index in [9.17, 15) is 9.59 Å². The number of hydrogen-bond acceptors (Lipinski definition) is 4. The van der Waals surface area contributed by atoms with Crippen LogP contribution in [0.2, 0.25) is 0 Å². The van der Waals surface area contributed by atoms with Gasteiger partial charge in [-0.25, -0.2) is 4.79 Å². The van der Waals surface area contributed by atoms with E-state index >= 15 is 0 Å². The molecule has 1 aromatic carbocycles. The lowest BCUT2D eigenvalue weighted by Crippen LogP contribution is -2.31. The molecule has 2 heterocycles. The summed E-state index contributed by atoms with van der Waals surface area (Å²) >= 11 is 0. The van der Waals surface area contributed by atoms with Gasteiger partial charge in [-0.15, -0.1) is 0 Å². The Balaban J connectivity index is 2.19. The van der Waals surface area contributed by atoms with E-state index in [1.54, 1.807) is 48.7 Å². The number of aromatic nitrogens is 1. The molecule has 5 heteroatoms. The third-order valence-electron chi connectivity index (χ3n) is 3.32. The van der Waals surface area contributed by atoms with Gasteiger partial charge < -0.3 is 4.42 Å². The summed E-state index contributed by atoms with van der Waals surface area (Å²) in [6.07, 6.45) is 1.60. The molecule has 0 unspecified atom stereocenters. The van der Waals surface area contributed by atoms with Crippen LogP contribution in [-0.2, 0) is 0 Å². The van der Waals surface area contributed by atoms with Crippen LogP contribution in [0.1, 0.15) is 24.2 Å². The van der Waals surface area contributed by atoms with Gasteiger partial charge in [-0.05, 0) is 38.1 Å². The molecular weight excluding hydrogens is 292 g/mol. The number of pyridine rings is 1. The molecule has 0 aliphatic rings. The molecule has 0 atom stereocenters. The van der Waals surface area contributed by atoms with Gasteiger partial charge in [0.1, 0.15) is 16.6 Å². The van der Waals surface area contributed by atoms with Crippen LogP contribution < -0.4 is 11.1 Å². The number of hydrogen-bond donors (Lipinski definition) is 0. The third-order valence-corrected chi connectivity index (χ3v) is 3.32. The van der Waals surface area contributed by atoms with Crippen molar-refractivity contribution in [1.29, 1.82) is 0 Å². The molecule has 0 spiro atoms. The van der Waals surface area contributed by atoms with E-state index in [1.807, 2.05) is 19.9 Å². The van der Waals surface area contributed by atoms with Gasteiger partial charge in [-0.1, -0.05) is 24.3 Å². The van der Waals surface area contributed by atoms with Crippen LogP contribution in [0.25, 0.3) is 11.0 Å². The topological polar surface area (TPSA) is 64.6 Å². The maximum absolute atomic E-state index is 12.8. The molecule has 0 bridgehead atoms. The van der Waals surface area contributed by atoms with Crippen LogP contribution in [0.5, 0.6) is 0 Å². The summed E-state index contributed by atoms with van der Waals surface area (Å²) in [7, 11) is 0. The van der Waals surface area contributed by atoms with Crippen molar-refractivity contribution in [3.63, 3.8) is 0 Å². The monoisotopic (exact) mass is 308 g/mol. The van der Waals surface area contributed by atoms with E-state index in [0.717, 1.165) is 0 Å². The fraction of sp³-hybridized carbons (Fsp3) is 0.167. The minimum Gasteiger partial charge on any atom is -0.422 e. The van der Waals surface area contributed by atoms with Crippen LogP contribution in [0.3, 0.4) is 0 Å². The number of para-hydroxylation sites is 1. The molecule has 5 nitrogen and oxygen atoms in total. The Morgan fingerprint density at radius 3 is 2.65 bits per heavy atom. The molecule has 3 aromatic rings. The number of carbonyl (C=O) groups excluding carboxylic acids is 1. The summed E-state index contributed by atoms with van der Waals surface area (Å²) in [6, 6.07) is 13.9. The maximum Gasteiger partial charge on any atom is 0.349 e. The molecule has 3 rings (SSSR count). The van der Waals surface area contributed by atoms with Crippen LogP contribution in [0.15, 0.2) is 68.9 Å². The first-order valence-electron chi connectivity index (χ1n) is 7.35. The highest BCUT2D eigenvalue weighted by Crippen LogP contribution is 2.13. The minimum atomic E-state index is -0.652. The zero-order valence-electron chi connectivity index (χ0n) is 12.9. The fourth-order valence-corrected chi connectivity index (χ4v) is 2.32. The van der Waals surface area contributed by atoms with Gasteiger partial charge in [0.15, 0.2) is 0 Å². The Labute approximate surface area is 132 Å². The third kappa shape index (κ3) is 2.99. The SMILES string of the molecule is CC(C)N=c1ccccn1C(=O)c1cc2ccccc2oc1=O. The fourth-order valence-electron chi connectivity index (χ4n) is 2.32. The molecule has 116 valence electrons. The number of fused-ring (bicyclic) bond motifs is 1. The van der Waals surface area contributed by atoms with E-state index in [0.29, 0.717) is 16.5 Å². The first-order chi connectivity index (χ1) is 11.1. The summed E-state index contributed by atoms with van der Waals surface area (Å²) in [5.41, 5.74) is 0.292. The van der Waals surface area contributed by atoms with E-state index in [4.69, 9.17) is 4.42 Å². The van der Waals surface area contributed by atoms with Crippen molar-refractivity contribution in [2.45, 2.75) is 19.9 Å². The van der Waals surface area contributed by atoms with Crippen LogP contribution in [-0.4, -0.2) is 16.5 Å². The highest BCUT2D eigenvalue weighted by molar-refractivity contribution is 5.97. The van der Waals surface area contributed by atoms with Crippen molar-refractivity contribution < 1.29 is 9.21 Å². The predicted molar refractivity (Wildman–Crippen MR) is 87.3 cm³/mol. The lowest BCUT2D eigenvalue weighted by atomic mass is 10.2. The molecule has 0 aliphatic heterocycles. The zero-order valence-corrected chi connectivity index (χ0v) is 12.9. The summed E-state index contributed by atoms with van der Waals surface area (Å²) in [4.78, 5) is 29.3. The van der Waals surface area contributed by atoms with Crippen LogP contribution >= 0.6 is 0 Å². The summed E-state index contributed by atoms with van der Waals surface area (Å²) in [5.74, 6) is -0.454. The van der Waals surface area contributed by atoms with E-state index in [-0.39, 0.29) is 11.6 Å². The van der Waals surface area contributed by atoms with Gasteiger partial charge >= 0.3 is 5.63 Å². The second-order valence-electron chi connectivity index (χ2n) is 5.44. The van der Waals surface area contributed by atoms with Crippen molar-refractivity contribution in [2.24, 2.45) is 4.99 Å². The van der Waals surface area contributed by atoms with Crippen LogP contribution in [0, 0.1) is 0 Å². The number of rotatable bonds is 2. The molecule has 0 fully saturated rings. The smallest absolute Gasteiger partial charge is 0.349 e. The Hall–Kier alpha value is -2.95. The maximum atomic E-state index is 12.8. The summed E-state index contributed by atoms with van der Waals surface area (Å²) < 4.78 is 6.60. The molecule has 0 N–H and O–H groups in total. The first kappa shape index (κ1) is 15.0. The summed E-state index contributed by atoms with van der Waals surface area (Å²) in [5, 5.41) is 0.703. The molecule has 0 saturated heterocycles. The zero-order chi connectivity index (χ0) is 16.4. The Kier molecular flexibility index (Phi) is 3.93. The van der Waals surface area contributed by atoms with Gasteiger partial charge in [-0.3, -0.25) is 14.4 Å². The van der Waals surface area contributed by atoms with Gasteiger partial charge in [-0.2, -0.15) is 0 Å². The van der Waals surface area contributed by atoms with E-state index in [2.05, 4.69) is 4.99 Å².